The molecule has 1 aromatic carbocycles. The van der Waals surface area contributed by atoms with Crippen molar-refractivity contribution < 1.29 is 14.3 Å². The zero-order valence-electron chi connectivity index (χ0n) is 12.6. The minimum absolute atomic E-state index is 0.00861. The smallest absolute Gasteiger partial charge is 0.190 e. The molecule has 0 saturated heterocycles. The molecule has 0 saturated carbocycles. The van der Waals surface area contributed by atoms with Crippen molar-refractivity contribution in [2.24, 2.45) is 0 Å². The lowest BCUT2D eigenvalue weighted by atomic mass is 9.86. The lowest BCUT2D eigenvalue weighted by Gasteiger charge is -2.34. The van der Waals surface area contributed by atoms with Crippen molar-refractivity contribution in [3.05, 3.63) is 23.8 Å². The van der Waals surface area contributed by atoms with Gasteiger partial charge in [-0.1, -0.05) is 13.0 Å². The second kappa shape index (κ2) is 6.06. The number of hydrogen-bond acceptors (Lipinski definition) is 4. The molecule has 106 valence electrons. The quantitative estimate of drug-likeness (QED) is 0.741. The van der Waals surface area contributed by atoms with E-state index in [2.05, 4.69) is 0 Å². The van der Waals surface area contributed by atoms with Crippen LogP contribution in [0.15, 0.2) is 18.2 Å². The molecule has 19 heavy (non-hydrogen) atoms. The maximum Gasteiger partial charge on any atom is 0.190 e. The lowest BCUT2D eigenvalue weighted by molar-refractivity contribution is 0.0704. The molecule has 0 heterocycles. The molecule has 1 aromatic rings. The van der Waals surface area contributed by atoms with Gasteiger partial charge in [0.2, 0.25) is 0 Å². The van der Waals surface area contributed by atoms with Gasteiger partial charge in [0.05, 0.1) is 19.8 Å². The number of carbonyl (C=O) groups excluding carboxylic acids is 1. The molecule has 0 fully saturated rings. The molecule has 0 amide bonds. The van der Waals surface area contributed by atoms with Crippen molar-refractivity contribution in [2.75, 3.05) is 28.3 Å². The topological polar surface area (TPSA) is 38.8 Å². The number of methoxy groups -OCH3 is 2. The molecule has 4 heteroatoms. The Kier molecular flexibility index (Phi) is 4.95. The number of likely N-dealkylation sites (N-methyl/N-ethyl adjacent to an activating group) is 1. The van der Waals surface area contributed by atoms with Gasteiger partial charge in [-0.3, -0.25) is 9.69 Å². The number of hydrogen-bond donors (Lipinski definition) is 0. The number of rotatable bonds is 6. The first-order valence-electron chi connectivity index (χ1n) is 6.35. The summed E-state index contributed by atoms with van der Waals surface area (Å²) in [4.78, 5) is 14.8. The van der Waals surface area contributed by atoms with Crippen LogP contribution in [0.4, 0.5) is 0 Å². The van der Waals surface area contributed by atoms with E-state index in [1.165, 1.54) is 0 Å². The molecular formula is C15H23NO3. The molecule has 0 bridgehead atoms. The first-order valence-corrected chi connectivity index (χ1v) is 6.35. The van der Waals surface area contributed by atoms with E-state index in [1.807, 2.05) is 38.9 Å². The van der Waals surface area contributed by atoms with Crippen molar-refractivity contribution in [1.82, 2.24) is 4.90 Å². The van der Waals surface area contributed by atoms with E-state index in [4.69, 9.17) is 9.47 Å². The fourth-order valence-corrected chi connectivity index (χ4v) is 2.02. The fourth-order valence-electron chi connectivity index (χ4n) is 2.02. The first-order chi connectivity index (χ1) is 8.92. The van der Waals surface area contributed by atoms with E-state index in [9.17, 15) is 4.79 Å². The fraction of sp³-hybridized carbons (Fsp3) is 0.533. The van der Waals surface area contributed by atoms with Gasteiger partial charge in [0, 0.05) is 0 Å². The third kappa shape index (κ3) is 2.73. The maximum atomic E-state index is 12.9. The maximum absolute atomic E-state index is 12.9. The zero-order valence-corrected chi connectivity index (χ0v) is 12.6. The van der Waals surface area contributed by atoms with E-state index in [0.717, 1.165) is 0 Å². The van der Waals surface area contributed by atoms with E-state index in [0.29, 0.717) is 23.5 Å². The number of Topliss-reactive ketones (excluding diaryl/α,β-unsaturated/α-hetero) is 1. The third-order valence-electron chi connectivity index (χ3n) is 3.82. The summed E-state index contributed by atoms with van der Waals surface area (Å²) >= 11 is 0. The predicted molar refractivity (Wildman–Crippen MR) is 76.3 cm³/mol. The standard InChI is InChI=1S/C15H23NO3/c1-7-15(2,16(3)4)14(17)13-11(18-5)9-8-10-12(13)19-6/h8-10H,7H2,1-6H3. The number of ether oxygens (including phenoxy) is 2. The number of carbonyl (C=O) groups is 1. The van der Waals surface area contributed by atoms with Crippen molar-refractivity contribution in [3.63, 3.8) is 0 Å². The van der Waals surface area contributed by atoms with Crippen LogP contribution in [0.2, 0.25) is 0 Å². The van der Waals surface area contributed by atoms with Crippen molar-refractivity contribution in [2.45, 2.75) is 25.8 Å². The molecule has 0 aliphatic rings. The summed E-state index contributed by atoms with van der Waals surface area (Å²) in [6.07, 6.45) is 0.708. The minimum atomic E-state index is -0.581. The third-order valence-corrected chi connectivity index (χ3v) is 3.82. The summed E-state index contributed by atoms with van der Waals surface area (Å²) in [5.41, 5.74) is -0.0763. The molecule has 0 aliphatic carbocycles. The van der Waals surface area contributed by atoms with Crippen LogP contribution in [-0.4, -0.2) is 44.5 Å². The van der Waals surface area contributed by atoms with Crippen LogP contribution in [0.3, 0.4) is 0 Å². The van der Waals surface area contributed by atoms with Crippen LogP contribution in [0.5, 0.6) is 11.5 Å². The Hall–Kier alpha value is -1.55. The molecule has 0 aliphatic heterocycles. The molecule has 4 nitrogen and oxygen atoms in total. The van der Waals surface area contributed by atoms with Crippen LogP contribution >= 0.6 is 0 Å². The number of nitrogens with zero attached hydrogens (tertiary/aromatic N) is 1. The highest BCUT2D eigenvalue weighted by Gasteiger charge is 2.37. The number of ketones is 1. The monoisotopic (exact) mass is 265 g/mol. The van der Waals surface area contributed by atoms with Gasteiger partial charge >= 0.3 is 0 Å². The summed E-state index contributed by atoms with van der Waals surface area (Å²) in [6.45, 7) is 3.93. The van der Waals surface area contributed by atoms with Gasteiger partial charge < -0.3 is 9.47 Å². The van der Waals surface area contributed by atoms with Crippen LogP contribution in [0.1, 0.15) is 30.6 Å². The summed E-state index contributed by atoms with van der Waals surface area (Å²) in [7, 11) is 6.93. The van der Waals surface area contributed by atoms with E-state index >= 15 is 0 Å². The van der Waals surface area contributed by atoms with E-state index in [-0.39, 0.29) is 5.78 Å². The van der Waals surface area contributed by atoms with Crippen molar-refractivity contribution in [3.8, 4) is 11.5 Å². The van der Waals surface area contributed by atoms with E-state index < -0.39 is 5.54 Å². The van der Waals surface area contributed by atoms with Crippen LogP contribution in [-0.2, 0) is 0 Å². The SMILES string of the molecule is CCC(C)(C(=O)c1c(OC)cccc1OC)N(C)C. The van der Waals surface area contributed by atoms with Crippen LogP contribution in [0.25, 0.3) is 0 Å². The highest BCUT2D eigenvalue weighted by atomic mass is 16.5. The second-order valence-electron chi connectivity index (χ2n) is 4.89. The zero-order chi connectivity index (χ0) is 14.6. The van der Waals surface area contributed by atoms with Gasteiger partial charge in [0.1, 0.15) is 17.1 Å². The predicted octanol–water partition coefficient (Wildman–Crippen LogP) is 2.62. The minimum Gasteiger partial charge on any atom is -0.496 e. The molecule has 0 N–H and O–H groups in total. The van der Waals surface area contributed by atoms with Gasteiger partial charge in [0.15, 0.2) is 5.78 Å². The molecule has 0 radical (unpaired) electrons. The van der Waals surface area contributed by atoms with Gasteiger partial charge in [0.25, 0.3) is 0 Å². The molecule has 0 spiro atoms. The summed E-state index contributed by atoms with van der Waals surface area (Å²) in [6, 6.07) is 5.37. The molecule has 1 rings (SSSR count). The van der Waals surface area contributed by atoms with Gasteiger partial charge in [-0.2, -0.15) is 0 Å². The Morgan fingerprint density at radius 2 is 1.68 bits per heavy atom. The molecule has 1 unspecified atom stereocenters. The van der Waals surface area contributed by atoms with Crippen molar-refractivity contribution >= 4 is 5.78 Å². The Morgan fingerprint density at radius 1 is 1.21 bits per heavy atom. The largest absolute Gasteiger partial charge is 0.496 e. The second-order valence-corrected chi connectivity index (χ2v) is 4.89. The average Bonchev–Trinajstić information content (AvgIpc) is 2.44. The Balaban J connectivity index is 3.40. The summed E-state index contributed by atoms with van der Waals surface area (Å²) < 4.78 is 10.6. The average molecular weight is 265 g/mol. The van der Waals surface area contributed by atoms with Gasteiger partial charge in [-0.05, 0) is 39.6 Å². The summed E-state index contributed by atoms with van der Waals surface area (Å²) in [5.74, 6) is 1.10. The van der Waals surface area contributed by atoms with Gasteiger partial charge in [-0.25, -0.2) is 0 Å². The highest BCUT2D eigenvalue weighted by molar-refractivity contribution is 6.07. The van der Waals surface area contributed by atoms with Crippen LogP contribution in [0, 0.1) is 0 Å². The van der Waals surface area contributed by atoms with Crippen LogP contribution < -0.4 is 9.47 Å². The number of benzene rings is 1. The Bertz CT molecular complexity index is 434. The van der Waals surface area contributed by atoms with E-state index in [1.54, 1.807) is 26.4 Å². The normalized spacial score (nSPS) is 14.1. The van der Waals surface area contributed by atoms with Crippen molar-refractivity contribution in [1.29, 1.82) is 0 Å². The lowest BCUT2D eigenvalue weighted by Crippen LogP contribution is -2.48. The molecule has 0 aromatic heterocycles. The Labute approximate surface area is 115 Å². The highest BCUT2D eigenvalue weighted by Crippen LogP contribution is 2.34. The molecular weight excluding hydrogens is 242 g/mol. The first kappa shape index (κ1) is 15.5. The van der Waals surface area contributed by atoms with Gasteiger partial charge in [-0.15, -0.1) is 0 Å². The summed E-state index contributed by atoms with van der Waals surface area (Å²) in [5, 5.41) is 0. The molecule has 1 atom stereocenters. The Morgan fingerprint density at radius 3 is 2.00 bits per heavy atom.